The molecule has 2 aromatic heterocycles. The van der Waals surface area contributed by atoms with E-state index in [9.17, 15) is 9.59 Å². The van der Waals surface area contributed by atoms with Crippen LogP contribution in [0.5, 0.6) is 0 Å². The van der Waals surface area contributed by atoms with E-state index in [0.717, 1.165) is 17.5 Å². The highest BCUT2D eigenvalue weighted by molar-refractivity contribution is 5.72. The summed E-state index contributed by atoms with van der Waals surface area (Å²) in [6.45, 7) is 11.4. The van der Waals surface area contributed by atoms with Gasteiger partial charge in [0.05, 0.1) is 12.0 Å². The molecule has 0 unspecified atom stereocenters. The molecule has 0 fully saturated rings. The number of nitrogens with zero attached hydrogens (tertiary/aromatic N) is 4. The fourth-order valence-electron chi connectivity index (χ4n) is 4.10. The van der Waals surface area contributed by atoms with E-state index in [4.69, 9.17) is 0 Å². The molecule has 0 aliphatic rings. The smallest absolute Gasteiger partial charge is 0.320 e. The minimum atomic E-state index is -0.341. The van der Waals surface area contributed by atoms with Gasteiger partial charge in [-0.2, -0.15) is 0 Å². The third kappa shape index (κ3) is 4.42. The van der Waals surface area contributed by atoms with Gasteiger partial charge in [0.2, 0.25) is 0 Å². The summed E-state index contributed by atoms with van der Waals surface area (Å²) in [7, 11) is 0. The highest BCUT2D eigenvalue weighted by atomic mass is 16.2. The van der Waals surface area contributed by atoms with E-state index in [0.29, 0.717) is 41.8 Å². The number of hydrogen-bond donors (Lipinski definition) is 0. The zero-order chi connectivity index (χ0) is 23.7. The van der Waals surface area contributed by atoms with Crippen molar-refractivity contribution in [2.75, 3.05) is 0 Å². The van der Waals surface area contributed by atoms with Crippen LogP contribution in [0.3, 0.4) is 0 Å². The van der Waals surface area contributed by atoms with E-state index in [1.807, 2.05) is 41.0 Å². The average Bonchev–Trinajstić information content (AvgIpc) is 3.19. The van der Waals surface area contributed by atoms with Crippen LogP contribution >= 0.6 is 0 Å². The maximum Gasteiger partial charge on any atom is 0.337 e. The summed E-state index contributed by atoms with van der Waals surface area (Å²) in [6, 6.07) is 16.1. The fraction of sp³-hybridized carbons (Fsp3) is 0.370. The number of imidazole rings is 1. The van der Waals surface area contributed by atoms with Crippen LogP contribution in [0.15, 0.2) is 64.4 Å². The molecule has 0 bridgehead atoms. The van der Waals surface area contributed by atoms with Gasteiger partial charge < -0.3 is 4.57 Å². The van der Waals surface area contributed by atoms with Gasteiger partial charge in [-0.25, -0.2) is 14.3 Å². The molecule has 0 atom stereocenters. The Labute approximate surface area is 194 Å². The molecule has 0 N–H and O–H groups in total. The lowest BCUT2D eigenvalue weighted by molar-refractivity contribution is 0.491. The number of aromatic nitrogens is 4. The standard InChI is InChI=1S/C27H32N4O2/c1-18(2)14-15-30-26(32)24-25(28-17-29(24)16-22-9-7-6-8-20(22)5)31(27(30)33)23-12-10-21(11-13-23)19(3)4/h6-13,17-19H,14-16H2,1-5H3. The summed E-state index contributed by atoms with van der Waals surface area (Å²) in [5, 5.41) is 0. The molecule has 4 aromatic rings. The average molecular weight is 445 g/mol. The summed E-state index contributed by atoms with van der Waals surface area (Å²) < 4.78 is 4.81. The lowest BCUT2D eigenvalue weighted by Gasteiger charge is -2.14. The van der Waals surface area contributed by atoms with Crippen molar-refractivity contribution in [1.82, 2.24) is 18.7 Å². The Morgan fingerprint density at radius 3 is 2.27 bits per heavy atom. The molecule has 6 nitrogen and oxygen atoms in total. The third-order valence-electron chi connectivity index (χ3n) is 6.25. The van der Waals surface area contributed by atoms with Crippen molar-refractivity contribution < 1.29 is 0 Å². The molecular weight excluding hydrogens is 412 g/mol. The molecule has 2 aromatic carbocycles. The van der Waals surface area contributed by atoms with Crippen molar-refractivity contribution >= 4 is 11.2 Å². The fourth-order valence-corrected chi connectivity index (χ4v) is 4.10. The molecule has 33 heavy (non-hydrogen) atoms. The zero-order valence-corrected chi connectivity index (χ0v) is 20.1. The Morgan fingerprint density at radius 2 is 1.64 bits per heavy atom. The number of hydrogen-bond acceptors (Lipinski definition) is 3. The number of benzene rings is 2. The van der Waals surface area contributed by atoms with Crippen LogP contribution in [0.25, 0.3) is 16.9 Å². The van der Waals surface area contributed by atoms with Crippen LogP contribution in [0.2, 0.25) is 0 Å². The van der Waals surface area contributed by atoms with Gasteiger partial charge in [0.15, 0.2) is 11.2 Å². The Bertz CT molecular complexity index is 1390. The molecule has 4 rings (SSSR count). The highest BCUT2D eigenvalue weighted by Crippen LogP contribution is 2.19. The first-order valence-electron chi connectivity index (χ1n) is 11.6. The van der Waals surface area contributed by atoms with Crippen molar-refractivity contribution in [3.05, 3.63) is 92.4 Å². The van der Waals surface area contributed by atoms with Gasteiger partial charge in [-0.1, -0.05) is 64.1 Å². The molecule has 0 radical (unpaired) electrons. The van der Waals surface area contributed by atoms with Crippen LogP contribution in [-0.2, 0) is 13.1 Å². The van der Waals surface area contributed by atoms with Crippen LogP contribution in [-0.4, -0.2) is 18.7 Å². The van der Waals surface area contributed by atoms with E-state index in [-0.39, 0.29) is 11.2 Å². The predicted octanol–water partition coefficient (Wildman–Crippen LogP) is 4.88. The molecule has 0 aliphatic carbocycles. The largest absolute Gasteiger partial charge is 0.337 e. The van der Waals surface area contributed by atoms with E-state index in [1.54, 1.807) is 10.9 Å². The van der Waals surface area contributed by atoms with Gasteiger partial charge in [-0.3, -0.25) is 9.36 Å². The minimum absolute atomic E-state index is 0.281. The monoisotopic (exact) mass is 444 g/mol. The molecule has 0 amide bonds. The second-order valence-electron chi connectivity index (χ2n) is 9.47. The molecule has 0 aliphatic heterocycles. The number of fused-ring (bicyclic) bond motifs is 1. The molecule has 0 saturated heterocycles. The summed E-state index contributed by atoms with van der Waals surface area (Å²) in [4.78, 5) is 31.6. The van der Waals surface area contributed by atoms with Gasteiger partial charge in [0, 0.05) is 13.1 Å². The quantitative estimate of drug-likeness (QED) is 0.408. The van der Waals surface area contributed by atoms with Crippen molar-refractivity contribution in [2.45, 2.75) is 60.0 Å². The second-order valence-corrected chi connectivity index (χ2v) is 9.47. The molecule has 6 heteroatoms. The SMILES string of the molecule is Cc1ccccc1Cn1cnc2c1c(=O)n(CCC(C)C)c(=O)n2-c1ccc(C(C)C)cc1. The summed E-state index contributed by atoms with van der Waals surface area (Å²) in [6.07, 6.45) is 2.42. The van der Waals surface area contributed by atoms with Gasteiger partial charge >= 0.3 is 5.69 Å². The molecule has 0 spiro atoms. The number of aryl methyl sites for hydroxylation is 1. The lowest BCUT2D eigenvalue weighted by atomic mass is 10.0. The molecule has 2 heterocycles. The van der Waals surface area contributed by atoms with Crippen LogP contribution in [0.1, 0.15) is 56.7 Å². The van der Waals surface area contributed by atoms with E-state index in [1.165, 1.54) is 10.1 Å². The summed E-state index contributed by atoms with van der Waals surface area (Å²) in [5.41, 5.74) is 4.41. The van der Waals surface area contributed by atoms with E-state index in [2.05, 4.69) is 51.7 Å². The normalized spacial score (nSPS) is 11.7. The first-order valence-corrected chi connectivity index (χ1v) is 11.6. The number of rotatable bonds is 7. The van der Waals surface area contributed by atoms with Crippen LogP contribution in [0.4, 0.5) is 0 Å². The Hall–Kier alpha value is -3.41. The first kappa shape index (κ1) is 22.8. The van der Waals surface area contributed by atoms with E-state index < -0.39 is 0 Å². The predicted molar refractivity (Wildman–Crippen MR) is 133 cm³/mol. The van der Waals surface area contributed by atoms with Crippen molar-refractivity contribution in [3.63, 3.8) is 0 Å². The molecule has 172 valence electrons. The Balaban J connectivity index is 1.94. The van der Waals surface area contributed by atoms with Gasteiger partial charge in [-0.15, -0.1) is 0 Å². The second kappa shape index (κ2) is 9.22. The molecular formula is C27H32N4O2. The van der Waals surface area contributed by atoms with Gasteiger partial charge in [0.1, 0.15) is 0 Å². The molecule has 0 saturated carbocycles. The minimum Gasteiger partial charge on any atom is -0.320 e. The van der Waals surface area contributed by atoms with Gasteiger partial charge in [0.25, 0.3) is 5.56 Å². The van der Waals surface area contributed by atoms with Crippen molar-refractivity contribution in [1.29, 1.82) is 0 Å². The van der Waals surface area contributed by atoms with Gasteiger partial charge in [-0.05, 0) is 54.0 Å². The summed E-state index contributed by atoms with van der Waals surface area (Å²) in [5.74, 6) is 0.770. The zero-order valence-electron chi connectivity index (χ0n) is 20.1. The maximum absolute atomic E-state index is 13.5. The van der Waals surface area contributed by atoms with Crippen molar-refractivity contribution in [3.8, 4) is 5.69 Å². The Morgan fingerprint density at radius 1 is 0.939 bits per heavy atom. The topological polar surface area (TPSA) is 61.8 Å². The first-order chi connectivity index (χ1) is 15.8. The van der Waals surface area contributed by atoms with Crippen molar-refractivity contribution in [2.24, 2.45) is 5.92 Å². The van der Waals surface area contributed by atoms with Crippen LogP contribution < -0.4 is 11.2 Å². The van der Waals surface area contributed by atoms with E-state index >= 15 is 0 Å². The highest BCUT2D eigenvalue weighted by Gasteiger charge is 2.20. The maximum atomic E-state index is 13.5. The Kier molecular flexibility index (Phi) is 6.36. The third-order valence-corrected chi connectivity index (χ3v) is 6.25. The van der Waals surface area contributed by atoms with Crippen LogP contribution in [0, 0.1) is 12.8 Å². The summed E-state index contributed by atoms with van der Waals surface area (Å²) >= 11 is 0. The lowest BCUT2D eigenvalue weighted by Crippen LogP contribution is -2.40.